The van der Waals surface area contributed by atoms with Crippen LogP contribution in [0.3, 0.4) is 0 Å². The van der Waals surface area contributed by atoms with Crippen LogP contribution in [0.15, 0.2) is 30.3 Å². The molecular formula is C14H17NO5. The van der Waals surface area contributed by atoms with E-state index in [4.69, 9.17) is 10.2 Å². The number of aliphatic carboxylic acids is 2. The standard InChI is InChI=1S/C14H17NO5/c16-12(8-6-10-4-2-1-3-5-10)15-11(14(19)20)7-9-13(17)18/h1-5,11H,6-9H2,(H,15,16)(H,17,18)(H,19,20)/t11-/m0/s1. The summed E-state index contributed by atoms with van der Waals surface area (Å²) >= 11 is 0. The maximum Gasteiger partial charge on any atom is 0.326 e. The molecule has 1 rings (SSSR count). The predicted octanol–water partition coefficient (Wildman–Crippen LogP) is 1.05. The molecular weight excluding hydrogens is 262 g/mol. The highest BCUT2D eigenvalue weighted by atomic mass is 16.4. The minimum atomic E-state index is -1.22. The third-order valence-corrected chi connectivity index (χ3v) is 2.76. The zero-order valence-electron chi connectivity index (χ0n) is 10.9. The number of carbonyl (C=O) groups is 3. The van der Waals surface area contributed by atoms with Crippen LogP contribution in [0.1, 0.15) is 24.8 Å². The molecule has 0 radical (unpaired) electrons. The van der Waals surface area contributed by atoms with Gasteiger partial charge in [-0.3, -0.25) is 9.59 Å². The third kappa shape index (κ3) is 5.99. The van der Waals surface area contributed by atoms with Gasteiger partial charge in [-0.1, -0.05) is 30.3 Å². The largest absolute Gasteiger partial charge is 0.481 e. The molecule has 0 aromatic heterocycles. The van der Waals surface area contributed by atoms with Crippen LogP contribution in [-0.4, -0.2) is 34.1 Å². The zero-order chi connectivity index (χ0) is 15.0. The highest BCUT2D eigenvalue weighted by Crippen LogP contribution is 2.04. The first-order valence-corrected chi connectivity index (χ1v) is 6.27. The van der Waals surface area contributed by atoms with Gasteiger partial charge in [-0.15, -0.1) is 0 Å². The van der Waals surface area contributed by atoms with Gasteiger partial charge in [0.15, 0.2) is 0 Å². The minimum Gasteiger partial charge on any atom is -0.481 e. The molecule has 6 nitrogen and oxygen atoms in total. The smallest absolute Gasteiger partial charge is 0.326 e. The van der Waals surface area contributed by atoms with E-state index >= 15 is 0 Å². The fraction of sp³-hybridized carbons (Fsp3) is 0.357. The van der Waals surface area contributed by atoms with Gasteiger partial charge in [-0.05, 0) is 18.4 Å². The lowest BCUT2D eigenvalue weighted by Gasteiger charge is -2.13. The number of carboxylic acids is 2. The molecule has 0 saturated heterocycles. The van der Waals surface area contributed by atoms with E-state index in [0.29, 0.717) is 6.42 Å². The Morgan fingerprint density at radius 1 is 1.05 bits per heavy atom. The third-order valence-electron chi connectivity index (χ3n) is 2.76. The summed E-state index contributed by atoms with van der Waals surface area (Å²) in [4.78, 5) is 33.0. The van der Waals surface area contributed by atoms with Crippen LogP contribution in [-0.2, 0) is 20.8 Å². The fourth-order valence-electron chi connectivity index (χ4n) is 1.69. The van der Waals surface area contributed by atoms with E-state index in [1.165, 1.54) is 0 Å². The van der Waals surface area contributed by atoms with Gasteiger partial charge < -0.3 is 15.5 Å². The molecule has 1 aromatic rings. The first-order chi connectivity index (χ1) is 9.49. The average molecular weight is 279 g/mol. The molecule has 0 aliphatic heterocycles. The van der Waals surface area contributed by atoms with Crippen LogP contribution in [0.5, 0.6) is 0 Å². The van der Waals surface area contributed by atoms with Crippen molar-refractivity contribution < 1.29 is 24.6 Å². The lowest BCUT2D eigenvalue weighted by Crippen LogP contribution is -2.41. The number of benzene rings is 1. The first kappa shape index (κ1) is 15.7. The second kappa shape index (κ2) is 7.93. The van der Waals surface area contributed by atoms with Crippen molar-refractivity contribution in [2.45, 2.75) is 31.7 Å². The number of aryl methyl sites for hydroxylation is 1. The van der Waals surface area contributed by atoms with Crippen LogP contribution in [0, 0.1) is 0 Å². The summed E-state index contributed by atoms with van der Waals surface area (Å²) < 4.78 is 0. The lowest BCUT2D eigenvalue weighted by molar-refractivity contribution is -0.143. The van der Waals surface area contributed by atoms with Crippen LogP contribution in [0.2, 0.25) is 0 Å². The topological polar surface area (TPSA) is 104 Å². The molecule has 6 heteroatoms. The molecule has 20 heavy (non-hydrogen) atoms. The number of carboxylic acid groups (broad SMARTS) is 2. The Labute approximate surface area is 116 Å². The van der Waals surface area contributed by atoms with Crippen molar-refractivity contribution in [1.29, 1.82) is 0 Å². The molecule has 3 N–H and O–H groups in total. The van der Waals surface area contributed by atoms with Crippen molar-refractivity contribution in [1.82, 2.24) is 5.32 Å². The number of carbonyl (C=O) groups excluding carboxylic acids is 1. The van der Waals surface area contributed by atoms with Crippen LogP contribution >= 0.6 is 0 Å². The molecule has 108 valence electrons. The second-order valence-corrected chi connectivity index (χ2v) is 4.38. The van der Waals surface area contributed by atoms with Gasteiger partial charge in [0, 0.05) is 12.8 Å². The molecule has 0 heterocycles. The van der Waals surface area contributed by atoms with E-state index < -0.39 is 23.9 Å². The van der Waals surface area contributed by atoms with Gasteiger partial charge >= 0.3 is 11.9 Å². The van der Waals surface area contributed by atoms with E-state index in [1.807, 2.05) is 30.3 Å². The quantitative estimate of drug-likeness (QED) is 0.660. The summed E-state index contributed by atoms with van der Waals surface area (Å²) in [5.74, 6) is -2.71. The Bertz CT molecular complexity index is 472. The number of hydrogen-bond donors (Lipinski definition) is 3. The van der Waals surface area contributed by atoms with Crippen LogP contribution in [0.4, 0.5) is 0 Å². The summed E-state index contributed by atoms with van der Waals surface area (Å²) in [6.45, 7) is 0. The Kier molecular flexibility index (Phi) is 6.22. The van der Waals surface area contributed by atoms with Crippen molar-refractivity contribution in [2.75, 3.05) is 0 Å². The molecule has 1 aromatic carbocycles. The Hall–Kier alpha value is -2.37. The highest BCUT2D eigenvalue weighted by Gasteiger charge is 2.20. The molecule has 0 bridgehead atoms. The van der Waals surface area contributed by atoms with E-state index in [2.05, 4.69) is 5.32 Å². The molecule has 0 saturated carbocycles. The first-order valence-electron chi connectivity index (χ1n) is 6.27. The maximum absolute atomic E-state index is 11.7. The molecule has 0 spiro atoms. The highest BCUT2D eigenvalue weighted by molar-refractivity contribution is 5.84. The Morgan fingerprint density at radius 2 is 1.70 bits per heavy atom. The van der Waals surface area contributed by atoms with Gasteiger partial charge in [-0.2, -0.15) is 0 Å². The SMILES string of the molecule is O=C(O)CC[C@H](NC(=O)CCc1ccccc1)C(=O)O. The van der Waals surface area contributed by atoms with E-state index in [0.717, 1.165) is 5.56 Å². The van der Waals surface area contributed by atoms with Crippen molar-refractivity contribution >= 4 is 17.8 Å². The number of rotatable bonds is 8. The number of amides is 1. The molecule has 0 fully saturated rings. The van der Waals surface area contributed by atoms with E-state index in [-0.39, 0.29) is 19.3 Å². The summed E-state index contributed by atoms with van der Waals surface area (Å²) in [6.07, 6.45) is 0.260. The van der Waals surface area contributed by atoms with E-state index in [9.17, 15) is 14.4 Å². The molecule has 0 unspecified atom stereocenters. The van der Waals surface area contributed by atoms with Crippen LogP contribution in [0.25, 0.3) is 0 Å². The van der Waals surface area contributed by atoms with Crippen molar-refractivity contribution in [3.8, 4) is 0 Å². The summed E-state index contributed by atoms with van der Waals surface area (Å²) in [5, 5.41) is 19.8. The normalized spacial score (nSPS) is 11.6. The van der Waals surface area contributed by atoms with Gasteiger partial charge in [0.1, 0.15) is 6.04 Å². The summed E-state index contributed by atoms with van der Waals surface area (Å²) in [5.41, 5.74) is 0.986. The van der Waals surface area contributed by atoms with Gasteiger partial charge in [0.05, 0.1) is 0 Å². The zero-order valence-corrected chi connectivity index (χ0v) is 10.9. The fourth-order valence-corrected chi connectivity index (χ4v) is 1.69. The van der Waals surface area contributed by atoms with Crippen molar-refractivity contribution in [3.63, 3.8) is 0 Å². The number of nitrogens with one attached hydrogen (secondary N) is 1. The average Bonchev–Trinajstić information content (AvgIpc) is 2.41. The second-order valence-electron chi connectivity index (χ2n) is 4.38. The number of hydrogen-bond acceptors (Lipinski definition) is 3. The van der Waals surface area contributed by atoms with Gasteiger partial charge in [0.2, 0.25) is 5.91 Å². The Balaban J connectivity index is 2.41. The molecule has 0 aliphatic rings. The predicted molar refractivity (Wildman–Crippen MR) is 71.2 cm³/mol. The Morgan fingerprint density at radius 3 is 2.25 bits per heavy atom. The van der Waals surface area contributed by atoms with Crippen molar-refractivity contribution in [3.05, 3.63) is 35.9 Å². The van der Waals surface area contributed by atoms with Gasteiger partial charge in [0.25, 0.3) is 0 Å². The summed E-state index contributed by atoms with van der Waals surface area (Å²) in [6, 6.07) is 8.20. The lowest BCUT2D eigenvalue weighted by atomic mass is 10.1. The monoisotopic (exact) mass is 279 g/mol. The maximum atomic E-state index is 11.7. The van der Waals surface area contributed by atoms with Gasteiger partial charge in [-0.25, -0.2) is 4.79 Å². The molecule has 1 atom stereocenters. The van der Waals surface area contributed by atoms with E-state index in [1.54, 1.807) is 0 Å². The minimum absolute atomic E-state index is 0.123. The van der Waals surface area contributed by atoms with Crippen LogP contribution < -0.4 is 5.32 Å². The molecule has 1 amide bonds. The van der Waals surface area contributed by atoms with Crippen molar-refractivity contribution in [2.24, 2.45) is 0 Å². The molecule has 0 aliphatic carbocycles. The summed E-state index contributed by atoms with van der Waals surface area (Å²) in [7, 11) is 0.